The summed E-state index contributed by atoms with van der Waals surface area (Å²) in [6.45, 7) is 6.14. The topological polar surface area (TPSA) is 38.3 Å². The molecule has 0 aromatic heterocycles. The molecule has 4 heteroatoms. The molecule has 0 bridgehead atoms. The van der Waals surface area contributed by atoms with Gasteiger partial charge in [-0.05, 0) is 38.5 Å². The quantitative estimate of drug-likeness (QED) is 0.822. The Morgan fingerprint density at radius 1 is 1.47 bits per heavy atom. The molecule has 0 unspecified atom stereocenters. The third-order valence-electron chi connectivity index (χ3n) is 2.39. The molecule has 1 rings (SSSR count). The van der Waals surface area contributed by atoms with Crippen LogP contribution in [-0.4, -0.2) is 17.9 Å². The van der Waals surface area contributed by atoms with Gasteiger partial charge in [-0.3, -0.25) is 4.79 Å². The van der Waals surface area contributed by atoms with Gasteiger partial charge in [-0.25, -0.2) is 0 Å². The van der Waals surface area contributed by atoms with Gasteiger partial charge in [0.2, 0.25) is 5.91 Å². The maximum absolute atomic E-state index is 11.5. The number of benzene rings is 1. The molecule has 3 nitrogen and oxygen atoms in total. The molecule has 17 heavy (non-hydrogen) atoms. The minimum Gasteiger partial charge on any atom is -0.494 e. The second kappa shape index (κ2) is 6.50. The molecule has 0 aliphatic heterocycles. The van der Waals surface area contributed by atoms with Crippen LogP contribution < -0.4 is 10.1 Å². The Bertz CT molecular complexity index is 379. The second-order valence-corrected chi connectivity index (χ2v) is 4.51. The summed E-state index contributed by atoms with van der Waals surface area (Å²) in [5.41, 5.74) is 1.00. The van der Waals surface area contributed by atoms with Gasteiger partial charge in [-0.2, -0.15) is 0 Å². The van der Waals surface area contributed by atoms with Crippen molar-refractivity contribution in [1.29, 1.82) is 0 Å². The van der Waals surface area contributed by atoms with Gasteiger partial charge in [-0.1, -0.05) is 12.1 Å². The summed E-state index contributed by atoms with van der Waals surface area (Å²) in [6.07, 6.45) is 0. The number of alkyl halides is 1. The monoisotopic (exact) mass is 255 g/mol. The van der Waals surface area contributed by atoms with Crippen LogP contribution in [0.2, 0.25) is 0 Å². The first-order chi connectivity index (χ1) is 8.04. The van der Waals surface area contributed by atoms with Gasteiger partial charge in [0, 0.05) is 0 Å². The van der Waals surface area contributed by atoms with E-state index in [0.717, 1.165) is 11.3 Å². The van der Waals surface area contributed by atoms with Crippen LogP contribution in [0.3, 0.4) is 0 Å². The number of rotatable bonds is 5. The summed E-state index contributed by atoms with van der Waals surface area (Å²) in [4.78, 5) is 11.5. The van der Waals surface area contributed by atoms with Crippen molar-refractivity contribution in [3.05, 3.63) is 29.8 Å². The highest BCUT2D eigenvalue weighted by atomic mass is 35.5. The van der Waals surface area contributed by atoms with Crippen molar-refractivity contribution in [3.8, 4) is 5.75 Å². The lowest BCUT2D eigenvalue weighted by atomic mass is 10.1. The predicted molar refractivity (Wildman–Crippen MR) is 69.5 cm³/mol. The summed E-state index contributed by atoms with van der Waals surface area (Å²) in [7, 11) is 0. The van der Waals surface area contributed by atoms with E-state index in [-0.39, 0.29) is 11.9 Å². The lowest BCUT2D eigenvalue weighted by Gasteiger charge is -2.16. The van der Waals surface area contributed by atoms with Crippen molar-refractivity contribution >= 4 is 17.5 Å². The standard InChI is InChI=1S/C13H18ClNO2/c1-4-17-12-7-5-6-11(8-12)10(3)15-13(16)9(2)14/h5-10H,4H2,1-3H3,(H,15,16)/t9-,10+/m1/s1. The lowest BCUT2D eigenvalue weighted by molar-refractivity contribution is -0.121. The highest BCUT2D eigenvalue weighted by molar-refractivity contribution is 6.30. The number of carbonyl (C=O) groups excluding carboxylic acids is 1. The van der Waals surface area contributed by atoms with Gasteiger partial charge in [0.25, 0.3) is 0 Å². The fourth-order valence-electron chi connectivity index (χ4n) is 1.45. The van der Waals surface area contributed by atoms with Crippen LogP contribution in [0.4, 0.5) is 0 Å². The van der Waals surface area contributed by atoms with Crippen LogP contribution in [0.25, 0.3) is 0 Å². The summed E-state index contributed by atoms with van der Waals surface area (Å²) >= 11 is 5.70. The molecular weight excluding hydrogens is 238 g/mol. The largest absolute Gasteiger partial charge is 0.494 e. The normalized spacial score (nSPS) is 13.9. The first kappa shape index (κ1) is 13.8. The number of hydrogen-bond acceptors (Lipinski definition) is 2. The molecule has 0 fully saturated rings. The summed E-state index contributed by atoms with van der Waals surface area (Å²) in [5, 5.41) is 2.32. The smallest absolute Gasteiger partial charge is 0.238 e. The number of hydrogen-bond donors (Lipinski definition) is 1. The molecule has 2 atom stereocenters. The van der Waals surface area contributed by atoms with Crippen molar-refractivity contribution < 1.29 is 9.53 Å². The second-order valence-electron chi connectivity index (χ2n) is 3.85. The zero-order chi connectivity index (χ0) is 12.8. The molecule has 0 aliphatic rings. The third-order valence-corrected chi connectivity index (χ3v) is 2.59. The van der Waals surface area contributed by atoms with E-state index in [4.69, 9.17) is 16.3 Å². The maximum atomic E-state index is 11.5. The number of halogens is 1. The van der Waals surface area contributed by atoms with Gasteiger partial charge in [0.15, 0.2) is 0 Å². The number of carbonyl (C=O) groups is 1. The predicted octanol–water partition coefficient (Wildman–Crippen LogP) is 2.89. The van der Waals surface area contributed by atoms with Gasteiger partial charge < -0.3 is 10.1 Å². The van der Waals surface area contributed by atoms with Gasteiger partial charge in [-0.15, -0.1) is 11.6 Å². The molecule has 1 aromatic carbocycles. The SMILES string of the molecule is CCOc1cccc([C@H](C)NC(=O)[C@@H](C)Cl)c1. The third kappa shape index (κ3) is 4.27. The van der Waals surface area contributed by atoms with Crippen molar-refractivity contribution in [2.75, 3.05) is 6.61 Å². The van der Waals surface area contributed by atoms with E-state index in [1.807, 2.05) is 38.1 Å². The molecule has 1 N–H and O–H groups in total. The van der Waals surface area contributed by atoms with Crippen LogP contribution in [-0.2, 0) is 4.79 Å². The zero-order valence-corrected chi connectivity index (χ0v) is 11.1. The average molecular weight is 256 g/mol. The van der Waals surface area contributed by atoms with Crippen LogP contribution in [0.1, 0.15) is 32.4 Å². The molecule has 0 saturated heterocycles. The van der Waals surface area contributed by atoms with Crippen LogP contribution in [0, 0.1) is 0 Å². The first-order valence-electron chi connectivity index (χ1n) is 5.71. The Morgan fingerprint density at radius 2 is 2.18 bits per heavy atom. The molecular formula is C13H18ClNO2. The van der Waals surface area contributed by atoms with Gasteiger partial charge in [0.1, 0.15) is 11.1 Å². The molecule has 0 saturated carbocycles. The number of amides is 1. The minimum atomic E-state index is -0.521. The molecule has 0 radical (unpaired) electrons. The average Bonchev–Trinajstić information content (AvgIpc) is 2.29. The molecule has 1 aromatic rings. The fourth-order valence-corrected chi connectivity index (χ4v) is 1.51. The summed E-state index contributed by atoms with van der Waals surface area (Å²) < 4.78 is 5.41. The lowest BCUT2D eigenvalue weighted by Crippen LogP contribution is -2.31. The highest BCUT2D eigenvalue weighted by Crippen LogP contribution is 2.19. The Kier molecular flexibility index (Phi) is 5.29. The Balaban J connectivity index is 2.71. The minimum absolute atomic E-state index is 0.0795. The van der Waals surface area contributed by atoms with Crippen molar-refractivity contribution in [2.45, 2.75) is 32.2 Å². The summed E-state index contributed by atoms with van der Waals surface area (Å²) in [5.74, 6) is 0.644. The number of ether oxygens (including phenoxy) is 1. The summed E-state index contributed by atoms with van der Waals surface area (Å²) in [6, 6.07) is 7.60. The molecule has 94 valence electrons. The van der Waals surface area contributed by atoms with E-state index in [2.05, 4.69) is 5.32 Å². The van der Waals surface area contributed by atoms with E-state index >= 15 is 0 Å². The van der Waals surface area contributed by atoms with E-state index < -0.39 is 5.38 Å². The van der Waals surface area contributed by atoms with E-state index in [1.165, 1.54) is 0 Å². The molecule has 0 heterocycles. The molecule has 0 spiro atoms. The fraction of sp³-hybridized carbons (Fsp3) is 0.462. The Morgan fingerprint density at radius 3 is 2.76 bits per heavy atom. The van der Waals surface area contributed by atoms with Crippen molar-refractivity contribution in [2.24, 2.45) is 0 Å². The highest BCUT2D eigenvalue weighted by Gasteiger charge is 2.13. The Labute approximate surface area is 107 Å². The maximum Gasteiger partial charge on any atom is 0.238 e. The van der Waals surface area contributed by atoms with Crippen LogP contribution in [0.15, 0.2) is 24.3 Å². The molecule has 0 aliphatic carbocycles. The molecule has 1 amide bonds. The van der Waals surface area contributed by atoms with E-state index in [1.54, 1.807) is 6.92 Å². The van der Waals surface area contributed by atoms with E-state index in [0.29, 0.717) is 6.61 Å². The van der Waals surface area contributed by atoms with Crippen LogP contribution >= 0.6 is 11.6 Å². The first-order valence-corrected chi connectivity index (χ1v) is 6.15. The van der Waals surface area contributed by atoms with E-state index in [9.17, 15) is 4.79 Å². The van der Waals surface area contributed by atoms with Crippen molar-refractivity contribution in [1.82, 2.24) is 5.32 Å². The van der Waals surface area contributed by atoms with Gasteiger partial charge >= 0.3 is 0 Å². The Hall–Kier alpha value is -1.22. The van der Waals surface area contributed by atoms with Crippen LogP contribution in [0.5, 0.6) is 5.75 Å². The number of nitrogens with one attached hydrogen (secondary N) is 1. The zero-order valence-electron chi connectivity index (χ0n) is 10.4. The van der Waals surface area contributed by atoms with Crippen molar-refractivity contribution in [3.63, 3.8) is 0 Å². The van der Waals surface area contributed by atoms with Gasteiger partial charge in [0.05, 0.1) is 12.6 Å².